The summed E-state index contributed by atoms with van der Waals surface area (Å²) in [7, 11) is -2.79. The van der Waals surface area contributed by atoms with E-state index in [0.29, 0.717) is 27.3 Å². The number of aliphatic hydroxyl groups excluding tert-OH is 1. The maximum absolute atomic E-state index is 13.9. The highest BCUT2D eigenvalue weighted by atomic mass is 32.2. The molecule has 5 rings (SSSR count). The number of aliphatic hydroxyl groups is 1. The van der Waals surface area contributed by atoms with E-state index in [0.717, 1.165) is 5.56 Å². The lowest BCUT2D eigenvalue weighted by Crippen LogP contribution is -2.46. The predicted octanol–water partition coefficient (Wildman–Crippen LogP) is 5.20. The number of methoxy groups -OCH3 is 2. The lowest BCUT2D eigenvalue weighted by atomic mass is 9.71. The molecule has 1 N–H and O–H groups in total. The number of ether oxygens (including phenoxy) is 2. The zero-order valence-electron chi connectivity index (χ0n) is 19.9. The van der Waals surface area contributed by atoms with Crippen LogP contribution in [0.2, 0.25) is 0 Å². The van der Waals surface area contributed by atoms with E-state index in [1.165, 1.54) is 13.2 Å². The Morgan fingerprint density at radius 3 is 2.25 bits per heavy atom. The van der Waals surface area contributed by atoms with Gasteiger partial charge in [0.25, 0.3) is 0 Å². The molecule has 5 atom stereocenters. The van der Waals surface area contributed by atoms with E-state index in [9.17, 15) is 26.7 Å². The number of alkyl halides is 3. The van der Waals surface area contributed by atoms with Gasteiger partial charge in [-0.2, -0.15) is 21.6 Å². The zero-order chi connectivity index (χ0) is 26.0. The van der Waals surface area contributed by atoms with Gasteiger partial charge >= 0.3 is 15.5 Å². The van der Waals surface area contributed by atoms with Crippen LogP contribution in [0.25, 0.3) is 11.3 Å². The van der Waals surface area contributed by atoms with Crippen molar-refractivity contribution in [1.82, 2.24) is 3.97 Å². The van der Waals surface area contributed by atoms with Gasteiger partial charge in [0.05, 0.1) is 24.1 Å². The van der Waals surface area contributed by atoms with Crippen LogP contribution < -0.4 is 4.74 Å². The van der Waals surface area contributed by atoms with Crippen LogP contribution in [0.15, 0.2) is 60.7 Å². The molecular formula is C26H26F3NO5S. The van der Waals surface area contributed by atoms with Gasteiger partial charge in [0.2, 0.25) is 0 Å². The summed E-state index contributed by atoms with van der Waals surface area (Å²) < 4.78 is 79.0. The van der Waals surface area contributed by atoms with Crippen LogP contribution in [-0.2, 0) is 14.8 Å². The van der Waals surface area contributed by atoms with E-state index < -0.39 is 39.1 Å². The molecule has 0 aliphatic heterocycles. The highest BCUT2D eigenvalue weighted by molar-refractivity contribution is 7.90. The molecule has 1 aromatic heterocycles. The summed E-state index contributed by atoms with van der Waals surface area (Å²) in [6.07, 6.45) is -1.05. The first-order chi connectivity index (χ1) is 17.0. The Hall–Kier alpha value is -2.82. The standard InChI is InChI=1S/C26H26F3NO5S/c1-25(35-3)20-13-18(15-9-11-17(34-2)12-10-15)22(25)24(31)23-19(20)14-21(16-7-5-4-6-8-16)30(23)36(32,33)26(27,28)29/h4-12,14,18,20,22,24,31H,13H2,1-3H3/t18-,20-,22-,24-,25+/m1/s1. The first-order valence-electron chi connectivity index (χ1n) is 11.5. The molecule has 0 saturated heterocycles. The third-order valence-electron chi connectivity index (χ3n) is 7.88. The van der Waals surface area contributed by atoms with E-state index in [-0.39, 0.29) is 17.3 Å². The zero-order valence-corrected chi connectivity index (χ0v) is 20.7. The quantitative estimate of drug-likeness (QED) is 0.499. The van der Waals surface area contributed by atoms with Crippen molar-refractivity contribution in [3.63, 3.8) is 0 Å². The lowest BCUT2D eigenvalue weighted by molar-refractivity contribution is -0.0936. The summed E-state index contributed by atoms with van der Waals surface area (Å²) in [6.45, 7) is 1.83. The molecule has 2 aliphatic rings. The normalized spacial score (nSPS) is 27.6. The highest BCUT2D eigenvalue weighted by Crippen LogP contribution is 2.64. The minimum absolute atomic E-state index is 0.135. The van der Waals surface area contributed by atoms with Crippen molar-refractivity contribution < 1.29 is 36.2 Å². The number of benzene rings is 2. The number of hydrogen-bond acceptors (Lipinski definition) is 5. The molecule has 6 nitrogen and oxygen atoms in total. The van der Waals surface area contributed by atoms with Crippen LogP contribution in [0.5, 0.6) is 5.75 Å². The van der Waals surface area contributed by atoms with Gasteiger partial charge in [-0.3, -0.25) is 0 Å². The van der Waals surface area contributed by atoms with Gasteiger partial charge < -0.3 is 14.6 Å². The van der Waals surface area contributed by atoms with Crippen LogP contribution >= 0.6 is 0 Å². The van der Waals surface area contributed by atoms with Crippen LogP contribution in [0.1, 0.15) is 48.1 Å². The molecule has 0 radical (unpaired) electrons. The van der Waals surface area contributed by atoms with Crippen LogP contribution in [0.4, 0.5) is 13.2 Å². The predicted molar refractivity (Wildman–Crippen MR) is 127 cm³/mol. The van der Waals surface area contributed by atoms with Crippen molar-refractivity contribution in [1.29, 1.82) is 0 Å². The number of nitrogens with zero attached hydrogens (tertiary/aromatic N) is 1. The summed E-state index contributed by atoms with van der Waals surface area (Å²) in [4.78, 5) is 0. The molecule has 2 aliphatic carbocycles. The largest absolute Gasteiger partial charge is 0.517 e. The molecule has 0 amide bonds. The number of rotatable bonds is 5. The number of halogens is 3. The van der Waals surface area contributed by atoms with Gasteiger partial charge in [0.15, 0.2) is 0 Å². The van der Waals surface area contributed by atoms with Gasteiger partial charge in [-0.25, -0.2) is 3.97 Å². The van der Waals surface area contributed by atoms with Gasteiger partial charge in [-0.1, -0.05) is 42.5 Å². The van der Waals surface area contributed by atoms with Crippen molar-refractivity contribution >= 4 is 10.0 Å². The molecule has 2 aromatic carbocycles. The molecule has 192 valence electrons. The molecule has 3 aromatic rings. The molecule has 1 heterocycles. The summed E-state index contributed by atoms with van der Waals surface area (Å²) >= 11 is 0. The van der Waals surface area contributed by atoms with Crippen molar-refractivity contribution in [3.05, 3.63) is 77.5 Å². The van der Waals surface area contributed by atoms with E-state index in [4.69, 9.17) is 9.47 Å². The van der Waals surface area contributed by atoms with E-state index >= 15 is 0 Å². The van der Waals surface area contributed by atoms with E-state index in [1.807, 2.05) is 19.1 Å². The Balaban J connectivity index is 1.75. The monoisotopic (exact) mass is 521 g/mol. The lowest BCUT2D eigenvalue weighted by Gasteiger charge is -2.43. The van der Waals surface area contributed by atoms with Gasteiger partial charge in [-0.15, -0.1) is 0 Å². The highest BCUT2D eigenvalue weighted by Gasteiger charge is 2.63. The van der Waals surface area contributed by atoms with Gasteiger partial charge in [0, 0.05) is 18.9 Å². The van der Waals surface area contributed by atoms with E-state index in [1.54, 1.807) is 49.6 Å². The number of hydrogen-bond donors (Lipinski definition) is 1. The topological polar surface area (TPSA) is 77.8 Å². The van der Waals surface area contributed by atoms with Crippen molar-refractivity contribution in [3.8, 4) is 17.0 Å². The van der Waals surface area contributed by atoms with Crippen molar-refractivity contribution in [2.45, 2.75) is 42.4 Å². The third kappa shape index (κ3) is 3.42. The number of aromatic nitrogens is 1. The Labute approximate surface area is 207 Å². The molecule has 1 fully saturated rings. The minimum Gasteiger partial charge on any atom is -0.497 e. The molecule has 10 heteroatoms. The maximum Gasteiger partial charge on any atom is 0.517 e. The second-order valence-electron chi connectivity index (χ2n) is 9.48. The average Bonchev–Trinajstić information content (AvgIpc) is 3.37. The third-order valence-corrected chi connectivity index (χ3v) is 9.34. The summed E-state index contributed by atoms with van der Waals surface area (Å²) in [5.74, 6) is -0.761. The van der Waals surface area contributed by atoms with Crippen molar-refractivity contribution in [2.24, 2.45) is 5.92 Å². The second kappa shape index (κ2) is 8.36. The Bertz CT molecular complexity index is 1390. The Morgan fingerprint density at radius 1 is 1.06 bits per heavy atom. The molecule has 0 spiro atoms. The van der Waals surface area contributed by atoms with Crippen molar-refractivity contribution in [2.75, 3.05) is 14.2 Å². The molecule has 2 bridgehead atoms. The van der Waals surface area contributed by atoms with E-state index in [2.05, 4.69) is 0 Å². The average molecular weight is 522 g/mol. The first-order valence-corrected chi connectivity index (χ1v) is 12.9. The molecule has 1 saturated carbocycles. The SMILES string of the molecule is COc1ccc([C@H]2C[C@@H]3c4cc(-c5ccccc5)n(S(=O)(=O)C(F)(F)F)c4[C@H](O)[C@@H]2[C@@]3(C)OC)cc1. The fraction of sp³-hybridized carbons (Fsp3) is 0.385. The molecule has 0 unspecified atom stereocenters. The first kappa shape index (κ1) is 24.9. The van der Waals surface area contributed by atoms with Gasteiger partial charge in [0.1, 0.15) is 11.9 Å². The second-order valence-corrected chi connectivity index (χ2v) is 11.3. The summed E-state index contributed by atoms with van der Waals surface area (Å²) in [5, 5.41) is 11.7. The Morgan fingerprint density at radius 2 is 1.69 bits per heavy atom. The van der Waals surface area contributed by atoms with Gasteiger partial charge in [-0.05, 0) is 54.2 Å². The minimum atomic E-state index is -5.84. The summed E-state index contributed by atoms with van der Waals surface area (Å²) in [5.41, 5.74) is -5.35. The van der Waals surface area contributed by atoms with Crippen LogP contribution in [0, 0.1) is 5.92 Å². The molecular weight excluding hydrogens is 495 g/mol. The summed E-state index contributed by atoms with van der Waals surface area (Å²) in [6, 6.07) is 16.8. The van der Waals surface area contributed by atoms with Crippen LogP contribution in [-0.4, -0.2) is 42.8 Å². The van der Waals surface area contributed by atoms with Crippen LogP contribution in [0.3, 0.4) is 0 Å². The fourth-order valence-corrected chi connectivity index (χ4v) is 7.24. The molecule has 36 heavy (non-hydrogen) atoms. The fourth-order valence-electron chi connectivity index (χ4n) is 6.15. The Kier molecular flexibility index (Phi) is 5.77. The smallest absolute Gasteiger partial charge is 0.497 e. The number of fused-ring (bicyclic) bond motifs is 4. The maximum atomic E-state index is 13.9.